The average molecular weight is 459 g/mol. The summed E-state index contributed by atoms with van der Waals surface area (Å²) >= 11 is 1.11. The lowest BCUT2D eigenvalue weighted by Crippen LogP contribution is -2.43. The van der Waals surface area contributed by atoms with E-state index in [1.165, 1.54) is 14.1 Å². The monoisotopic (exact) mass is 458 g/mol. The molecule has 1 atom stereocenters. The van der Waals surface area contributed by atoms with E-state index in [-0.39, 0.29) is 28.3 Å². The summed E-state index contributed by atoms with van der Waals surface area (Å²) in [7, 11) is 2.74. The standard InChI is InChI=1S/C23H30N4O4S/c1-14-9-10-17(12-15(14)2)24-20(19-21(29)25(4)23(31)26(5)22(19)30)32-13-18(28)27-11-7-6-8-16(27)3/h9-10,12,16,29H,6-8,11,13H2,1-5H3/t16-/m1/s1. The van der Waals surface area contributed by atoms with Gasteiger partial charge in [-0.05, 0) is 63.3 Å². The van der Waals surface area contributed by atoms with Crippen LogP contribution >= 0.6 is 11.8 Å². The number of piperidine rings is 1. The Labute approximate surface area is 191 Å². The van der Waals surface area contributed by atoms with Gasteiger partial charge in [0.05, 0.1) is 11.4 Å². The molecule has 1 aromatic heterocycles. The number of hydrogen-bond donors (Lipinski definition) is 1. The molecule has 1 aliphatic heterocycles. The Kier molecular flexibility index (Phi) is 7.28. The molecular weight excluding hydrogens is 428 g/mol. The van der Waals surface area contributed by atoms with Crippen molar-refractivity contribution in [2.45, 2.75) is 46.1 Å². The Hall–Kier alpha value is -2.81. The number of aromatic nitrogens is 2. The lowest BCUT2D eigenvalue weighted by molar-refractivity contribution is -0.131. The minimum absolute atomic E-state index is 0.0314. The van der Waals surface area contributed by atoms with E-state index < -0.39 is 17.1 Å². The second kappa shape index (κ2) is 9.77. The number of likely N-dealkylation sites (tertiary alicyclic amines) is 1. The molecule has 0 saturated carbocycles. The quantitative estimate of drug-likeness (QED) is 0.561. The predicted molar refractivity (Wildman–Crippen MR) is 128 cm³/mol. The first-order valence-electron chi connectivity index (χ1n) is 10.7. The molecular formula is C23H30N4O4S. The zero-order valence-electron chi connectivity index (χ0n) is 19.2. The highest BCUT2D eigenvalue weighted by Crippen LogP contribution is 2.26. The van der Waals surface area contributed by atoms with Gasteiger partial charge in [-0.15, -0.1) is 0 Å². The van der Waals surface area contributed by atoms with Crippen molar-refractivity contribution >= 4 is 28.4 Å². The van der Waals surface area contributed by atoms with Crippen molar-refractivity contribution in [3.05, 3.63) is 55.7 Å². The summed E-state index contributed by atoms with van der Waals surface area (Å²) in [5, 5.41) is 10.9. The highest BCUT2D eigenvalue weighted by atomic mass is 32.2. The molecule has 0 radical (unpaired) electrons. The Morgan fingerprint density at radius 1 is 1.16 bits per heavy atom. The molecule has 2 heterocycles. The fraction of sp³-hybridized carbons (Fsp3) is 0.478. The smallest absolute Gasteiger partial charge is 0.333 e. The lowest BCUT2D eigenvalue weighted by atomic mass is 10.0. The second-order valence-corrected chi connectivity index (χ2v) is 9.27. The van der Waals surface area contributed by atoms with Gasteiger partial charge in [-0.3, -0.25) is 18.7 Å². The molecule has 0 bridgehead atoms. The fourth-order valence-electron chi connectivity index (χ4n) is 3.78. The van der Waals surface area contributed by atoms with Gasteiger partial charge in [0, 0.05) is 26.7 Å². The molecule has 2 aromatic rings. The molecule has 0 spiro atoms. The van der Waals surface area contributed by atoms with E-state index in [1.54, 1.807) is 0 Å². The number of thioether (sulfide) groups is 1. The molecule has 8 nitrogen and oxygen atoms in total. The number of aromatic hydroxyl groups is 1. The van der Waals surface area contributed by atoms with Gasteiger partial charge in [0.1, 0.15) is 10.6 Å². The Morgan fingerprint density at radius 2 is 1.88 bits per heavy atom. The summed E-state index contributed by atoms with van der Waals surface area (Å²) in [6, 6.07) is 5.81. The summed E-state index contributed by atoms with van der Waals surface area (Å²) in [5.41, 5.74) is 1.37. The normalized spacial score (nSPS) is 17.0. The third kappa shape index (κ3) is 4.82. The molecule has 3 rings (SSSR count). The zero-order chi connectivity index (χ0) is 23.6. The number of carbonyl (C=O) groups excluding carboxylic acids is 1. The van der Waals surface area contributed by atoms with Gasteiger partial charge in [-0.25, -0.2) is 9.79 Å². The summed E-state index contributed by atoms with van der Waals surface area (Å²) in [6.07, 6.45) is 3.06. The van der Waals surface area contributed by atoms with Gasteiger partial charge >= 0.3 is 5.69 Å². The minimum Gasteiger partial charge on any atom is -0.494 e. The molecule has 0 unspecified atom stereocenters. The first-order valence-corrected chi connectivity index (χ1v) is 11.7. The van der Waals surface area contributed by atoms with E-state index in [4.69, 9.17) is 0 Å². The molecule has 0 aliphatic carbocycles. The number of benzene rings is 1. The van der Waals surface area contributed by atoms with E-state index >= 15 is 0 Å². The average Bonchev–Trinajstić information content (AvgIpc) is 2.77. The number of nitrogens with zero attached hydrogens (tertiary/aromatic N) is 4. The second-order valence-electron chi connectivity index (χ2n) is 8.31. The number of rotatable bonds is 4. The van der Waals surface area contributed by atoms with Gasteiger partial charge in [0.2, 0.25) is 11.8 Å². The SMILES string of the molecule is Cc1ccc(N=C(SCC(=O)N2CCCC[C@H]2C)c2c(O)n(C)c(=O)n(C)c2=O)cc1C. The number of carbonyl (C=O) groups is 1. The molecule has 1 saturated heterocycles. The van der Waals surface area contributed by atoms with Crippen LogP contribution in [0.5, 0.6) is 5.88 Å². The number of hydrogen-bond acceptors (Lipinski definition) is 6. The van der Waals surface area contributed by atoms with E-state index in [0.717, 1.165) is 57.8 Å². The van der Waals surface area contributed by atoms with Crippen LogP contribution in [0, 0.1) is 13.8 Å². The van der Waals surface area contributed by atoms with Gasteiger partial charge < -0.3 is 10.0 Å². The van der Waals surface area contributed by atoms with Crippen LogP contribution in [0.25, 0.3) is 0 Å². The van der Waals surface area contributed by atoms with E-state index in [9.17, 15) is 19.5 Å². The van der Waals surface area contributed by atoms with Gasteiger partial charge in [-0.2, -0.15) is 0 Å². The topological polar surface area (TPSA) is 96.9 Å². The minimum atomic E-state index is -0.653. The summed E-state index contributed by atoms with van der Waals surface area (Å²) in [6.45, 7) is 6.72. The molecule has 1 aromatic carbocycles. The van der Waals surface area contributed by atoms with Gasteiger partial charge in [0.25, 0.3) is 5.56 Å². The van der Waals surface area contributed by atoms with Gasteiger partial charge in [-0.1, -0.05) is 17.8 Å². The summed E-state index contributed by atoms with van der Waals surface area (Å²) in [5.74, 6) is -0.414. The summed E-state index contributed by atoms with van der Waals surface area (Å²) < 4.78 is 1.93. The van der Waals surface area contributed by atoms with Crippen LogP contribution in [0.2, 0.25) is 0 Å². The van der Waals surface area contributed by atoms with Crippen molar-refractivity contribution in [1.82, 2.24) is 14.0 Å². The third-order valence-electron chi connectivity index (χ3n) is 6.02. The number of aliphatic imine (C=N–C) groups is 1. The van der Waals surface area contributed by atoms with Gasteiger partial charge in [0.15, 0.2) is 0 Å². The number of aryl methyl sites for hydroxylation is 2. The molecule has 172 valence electrons. The van der Waals surface area contributed by atoms with Crippen molar-refractivity contribution in [1.29, 1.82) is 0 Å². The molecule has 9 heteroatoms. The van der Waals surface area contributed by atoms with Crippen LogP contribution in [0.4, 0.5) is 5.69 Å². The van der Waals surface area contributed by atoms with E-state index in [0.29, 0.717) is 5.69 Å². The lowest BCUT2D eigenvalue weighted by Gasteiger charge is -2.33. The maximum Gasteiger partial charge on any atom is 0.333 e. The summed E-state index contributed by atoms with van der Waals surface area (Å²) in [4.78, 5) is 44.5. The highest BCUT2D eigenvalue weighted by molar-refractivity contribution is 8.15. The van der Waals surface area contributed by atoms with Crippen LogP contribution in [-0.4, -0.2) is 48.4 Å². The van der Waals surface area contributed by atoms with Crippen LogP contribution < -0.4 is 11.2 Å². The Balaban J connectivity index is 2.04. The first-order chi connectivity index (χ1) is 15.1. The van der Waals surface area contributed by atoms with Crippen LogP contribution in [0.15, 0.2) is 32.8 Å². The van der Waals surface area contributed by atoms with E-state index in [1.807, 2.05) is 43.9 Å². The van der Waals surface area contributed by atoms with Crippen LogP contribution in [0.3, 0.4) is 0 Å². The van der Waals surface area contributed by atoms with E-state index in [2.05, 4.69) is 4.99 Å². The van der Waals surface area contributed by atoms with Crippen molar-refractivity contribution in [2.24, 2.45) is 19.1 Å². The fourth-order valence-corrected chi connectivity index (χ4v) is 4.69. The highest BCUT2D eigenvalue weighted by Gasteiger charge is 2.26. The third-order valence-corrected chi connectivity index (χ3v) is 6.98. The first kappa shape index (κ1) is 23.8. The Morgan fingerprint density at radius 3 is 2.53 bits per heavy atom. The largest absolute Gasteiger partial charge is 0.494 e. The molecule has 1 amide bonds. The zero-order valence-corrected chi connectivity index (χ0v) is 20.0. The van der Waals surface area contributed by atoms with Crippen LogP contribution in [0.1, 0.15) is 42.9 Å². The molecule has 1 fully saturated rings. The van der Waals surface area contributed by atoms with Crippen LogP contribution in [-0.2, 0) is 18.9 Å². The van der Waals surface area contributed by atoms with Crippen molar-refractivity contribution < 1.29 is 9.90 Å². The molecule has 32 heavy (non-hydrogen) atoms. The molecule has 1 aliphatic rings. The maximum absolute atomic E-state index is 12.9. The maximum atomic E-state index is 12.9. The molecule has 1 N–H and O–H groups in total. The van der Waals surface area contributed by atoms with Crippen molar-refractivity contribution in [3.8, 4) is 5.88 Å². The Bertz CT molecular complexity index is 1180. The van der Waals surface area contributed by atoms with Crippen molar-refractivity contribution in [3.63, 3.8) is 0 Å². The van der Waals surface area contributed by atoms with Crippen molar-refractivity contribution in [2.75, 3.05) is 12.3 Å². The predicted octanol–water partition coefficient (Wildman–Crippen LogP) is 2.62. The number of amides is 1.